The summed E-state index contributed by atoms with van der Waals surface area (Å²) in [5.74, 6) is 0. The van der Waals surface area contributed by atoms with E-state index in [-0.39, 0.29) is 0 Å². The van der Waals surface area contributed by atoms with E-state index in [0.717, 1.165) is 13.2 Å². The van der Waals surface area contributed by atoms with E-state index < -0.39 is 0 Å². The summed E-state index contributed by atoms with van der Waals surface area (Å²) in [5.41, 5.74) is 10.5. The first kappa shape index (κ1) is 6.88. The minimum Gasteiger partial charge on any atom is -0.370 e. The zero-order chi connectivity index (χ0) is 7.84. The molecule has 0 spiro atoms. The van der Waals surface area contributed by atoms with Gasteiger partial charge in [-0.3, -0.25) is 0 Å². The number of nitrogens with two attached hydrogens (primary N) is 1. The molecule has 60 valence electrons. The molecule has 2 rings (SSSR count). The average Bonchev–Trinajstić information content (AvgIpc) is 2.46. The topological polar surface area (TPSA) is 51.0 Å². The predicted molar refractivity (Wildman–Crippen MR) is 41.9 cm³/mol. The van der Waals surface area contributed by atoms with Gasteiger partial charge in [-0.25, -0.2) is 0 Å². The molecule has 1 aliphatic rings. The maximum Gasteiger partial charge on any atom is 0.0874 e. The highest BCUT2D eigenvalue weighted by atomic mass is 16.5. The van der Waals surface area contributed by atoms with Crippen molar-refractivity contribution in [2.75, 3.05) is 0 Å². The lowest BCUT2D eigenvalue weighted by molar-refractivity contribution is 0.132. The van der Waals surface area contributed by atoms with Crippen molar-refractivity contribution in [1.29, 1.82) is 0 Å². The minimum absolute atomic E-state index is 0.612. The number of aromatic nitrogens is 1. The number of fused-ring (bicyclic) bond motifs is 1. The van der Waals surface area contributed by atoms with E-state index in [1.807, 2.05) is 0 Å². The molecule has 0 unspecified atom stereocenters. The Kier molecular flexibility index (Phi) is 1.47. The van der Waals surface area contributed by atoms with Gasteiger partial charge in [0, 0.05) is 23.5 Å². The summed E-state index contributed by atoms with van der Waals surface area (Å²) in [5, 5.41) is 0. The zero-order valence-electron chi connectivity index (χ0n) is 6.61. The molecule has 0 fully saturated rings. The molecular formula is C8H12N2O. The number of ether oxygens (including phenoxy) is 1. The summed E-state index contributed by atoms with van der Waals surface area (Å²) < 4.78 is 5.27. The first-order valence-corrected chi connectivity index (χ1v) is 3.80. The zero-order valence-corrected chi connectivity index (χ0v) is 6.61. The van der Waals surface area contributed by atoms with E-state index in [2.05, 4.69) is 11.9 Å². The number of aromatic amines is 1. The van der Waals surface area contributed by atoms with Crippen LogP contribution in [-0.4, -0.2) is 4.98 Å². The number of rotatable bonds is 1. The minimum atomic E-state index is 0.612. The van der Waals surface area contributed by atoms with Crippen molar-refractivity contribution in [2.45, 2.75) is 26.7 Å². The first-order valence-electron chi connectivity index (χ1n) is 3.80. The molecule has 0 atom stereocenters. The molecule has 0 aromatic carbocycles. The van der Waals surface area contributed by atoms with Crippen LogP contribution in [0.15, 0.2) is 0 Å². The monoisotopic (exact) mass is 152 g/mol. The number of H-pyrrole nitrogens is 1. The summed E-state index contributed by atoms with van der Waals surface area (Å²) in [7, 11) is 0. The molecule has 3 nitrogen and oxygen atoms in total. The third kappa shape index (κ3) is 0.886. The number of hydrogen-bond donors (Lipinski definition) is 2. The van der Waals surface area contributed by atoms with Crippen molar-refractivity contribution in [3.05, 3.63) is 22.5 Å². The Bertz CT molecular complexity index is 278. The van der Waals surface area contributed by atoms with Gasteiger partial charge < -0.3 is 15.5 Å². The Balaban J connectivity index is 2.52. The summed E-state index contributed by atoms with van der Waals surface area (Å²) in [4.78, 5) is 3.27. The molecule has 0 bridgehead atoms. The molecule has 0 radical (unpaired) electrons. The van der Waals surface area contributed by atoms with E-state index in [4.69, 9.17) is 10.5 Å². The van der Waals surface area contributed by atoms with Crippen molar-refractivity contribution in [3.8, 4) is 0 Å². The van der Waals surface area contributed by atoms with Gasteiger partial charge in [0.25, 0.3) is 0 Å². The standard InChI is InChI=1S/C8H12N2O/c1-5-6(2-9)7-3-11-4-8(7)10-5/h10H,2-4,9H2,1H3. The van der Waals surface area contributed by atoms with Gasteiger partial charge in [0.15, 0.2) is 0 Å². The third-order valence-electron chi connectivity index (χ3n) is 2.22. The van der Waals surface area contributed by atoms with Crippen LogP contribution in [0, 0.1) is 6.92 Å². The fourth-order valence-electron chi connectivity index (χ4n) is 1.61. The van der Waals surface area contributed by atoms with Crippen molar-refractivity contribution in [2.24, 2.45) is 5.73 Å². The SMILES string of the molecule is Cc1[nH]c2c(c1CN)COC2. The third-order valence-corrected chi connectivity index (χ3v) is 2.22. The Labute approximate surface area is 65.5 Å². The molecule has 3 N–H and O–H groups in total. The van der Waals surface area contributed by atoms with Crippen LogP contribution in [0.2, 0.25) is 0 Å². The van der Waals surface area contributed by atoms with Crippen molar-refractivity contribution < 1.29 is 4.74 Å². The molecule has 1 aromatic rings. The molecule has 1 aromatic heterocycles. The molecule has 0 aliphatic carbocycles. The maximum absolute atomic E-state index is 5.59. The van der Waals surface area contributed by atoms with Gasteiger partial charge in [0.2, 0.25) is 0 Å². The molecule has 0 amide bonds. The van der Waals surface area contributed by atoms with Crippen molar-refractivity contribution in [3.63, 3.8) is 0 Å². The summed E-state index contributed by atoms with van der Waals surface area (Å²) >= 11 is 0. The second-order valence-electron chi connectivity index (χ2n) is 2.88. The van der Waals surface area contributed by atoms with E-state index in [9.17, 15) is 0 Å². The van der Waals surface area contributed by atoms with E-state index in [0.29, 0.717) is 6.54 Å². The maximum atomic E-state index is 5.59. The fourth-order valence-corrected chi connectivity index (χ4v) is 1.61. The van der Waals surface area contributed by atoms with E-state index >= 15 is 0 Å². The molecular weight excluding hydrogens is 140 g/mol. The molecule has 1 aliphatic heterocycles. The van der Waals surface area contributed by atoms with Gasteiger partial charge in [-0.1, -0.05) is 0 Å². The lowest BCUT2D eigenvalue weighted by Gasteiger charge is -1.97. The summed E-state index contributed by atoms with van der Waals surface area (Å²) in [6.45, 7) is 4.12. The van der Waals surface area contributed by atoms with Gasteiger partial charge in [-0.2, -0.15) is 0 Å². The van der Waals surface area contributed by atoms with E-state index in [1.54, 1.807) is 0 Å². The molecule has 0 saturated heterocycles. The van der Waals surface area contributed by atoms with Crippen LogP contribution in [-0.2, 0) is 24.5 Å². The summed E-state index contributed by atoms with van der Waals surface area (Å²) in [6, 6.07) is 0. The molecule has 0 saturated carbocycles. The number of aryl methyl sites for hydroxylation is 1. The van der Waals surface area contributed by atoms with Gasteiger partial charge >= 0.3 is 0 Å². The quantitative estimate of drug-likeness (QED) is 0.625. The lowest BCUT2D eigenvalue weighted by Crippen LogP contribution is -1.99. The molecule has 2 heterocycles. The molecule has 3 heteroatoms. The largest absolute Gasteiger partial charge is 0.370 e. The number of hydrogen-bond acceptors (Lipinski definition) is 2. The van der Waals surface area contributed by atoms with Crippen molar-refractivity contribution >= 4 is 0 Å². The van der Waals surface area contributed by atoms with Crippen molar-refractivity contribution in [1.82, 2.24) is 4.98 Å². The smallest absolute Gasteiger partial charge is 0.0874 e. The second kappa shape index (κ2) is 2.36. The van der Waals surface area contributed by atoms with Crippen LogP contribution in [0.4, 0.5) is 0 Å². The Morgan fingerprint density at radius 2 is 2.36 bits per heavy atom. The predicted octanol–water partition coefficient (Wildman–Crippen LogP) is 0.812. The number of nitrogens with one attached hydrogen (secondary N) is 1. The lowest BCUT2D eigenvalue weighted by atomic mass is 10.1. The summed E-state index contributed by atoms with van der Waals surface area (Å²) in [6.07, 6.45) is 0. The van der Waals surface area contributed by atoms with Crippen LogP contribution in [0.3, 0.4) is 0 Å². The Morgan fingerprint density at radius 3 is 3.09 bits per heavy atom. The van der Waals surface area contributed by atoms with Gasteiger partial charge in [-0.15, -0.1) is 0 Å². The van der Waals surface area contributed by atoms with Gasteiger partial charge in [-0.05, 0) is 12.5 Å². The normalized spacial score (nSPS) is 15.5. The Hall–Kier alpha value is -0.800. The van der Waals surface area contributed by atoms with Crippen LogP contribution in [0.5, 0.6) is 0 Å². The van der Waals surface area contributed by atoms with Crippen LogP contribution >= 0.6 is 0 Å². The first-order chi connectivity index (χ1) is 5.33. The van der Waals surface area contributed by atoms with Gasteiger partial charge in [0.05, 0.1) is 13.2 Å². The average molecular weight is 152 g/mol. The molecule has 11 heavy (non-hydrogen) atoms. The highest BCUT2D eigenvalue weighted by molar-refractivity contribution is 5.37. The van der Waals surface area contributed by atoms with Crippen LogP contribution in [0.25, 0.3) is 0 Å². The highest BCUT2D eigenvalue weighted by Gasteiger charge is 2.18. The van der Waals surface area contributed by atoms with Gasteiger partial charge in [0.1, 0.15) is 0 Å². The van der Waals surface area contributed by atoms with Crippen LogP contribution < -0.4 is 5.73 Å². The van der Waals surface area contributed by atoms with Crippen LogP contribution in [0.1, 0.15) is 22.5 Å². The fraction of sp³-hybridized carbons (Fsp3) is 0.500. The van der Waals surface area contributed by atoms with E-state index in [1.165, 1.54) is 22.5 Å². The highest BCUT2D eigenvalue weighted by Crippen LogP contribution is 2.25. The Morgan fingerprint density at radius 1 is 1.55 bits per heavy atom. The second-order valence-corrected chi connectivity index (χ2v) is 2.88.